The molecular weight excluding hydrogens is 220 g/mol. The summed E-state index contributed by atoms with van der Waals surface area (Å²) in [6.07, 6.45) is 2.69. The van der Waals surface area contributed by atoms with Crippen LogP contribution in [-0.4, -0.2) is 18.0 Å². The zero-order valence-electron chi connectivity index (χ0n) is 11.9. The summed E-state index contributed by atoms with van der Waals surface area (Å²) in [5.41, 5.74) is 7.98. The van der Waals surface area contributed by atoms with Crippen LogP contribution in [0.15, 0.2) is 24.3 Å². The normalized spacial score (nSPS) is 20.2. The van der Waals surface area contributed by atoms with E-state index in [4.69, 9.17) is 5.73 Å². The third-order valence-corrected chi connectivity index (χ3v) is 4.48. The minimum Gasteiger partial charge on any atom is -0.399 e. The van der Waals surface area contributed by atoms with Gasteiger partial charge in [0.05, 0.1) is 0 Å². The highest BCUT2D eigenvalue weighted by atomic mass is 15.2. The Morgan fingerprint density at radius 2 is 1.61 bits per heavy atom. The number of nitrogens with two attached hydrogens (primary N) is 1. The smallest absolute Gasteiger partial charge is 0.0319 e. The van der Waals surface area contributed by atoms with Crippen molar-refractivity contribution in [3.8, 4) is 0 Å². The highest BCUT2D eigenvalue weighted by molar-refractivity contribution is 5.40. The number of likely N-dealkylation sites (tertiary alicyclic amines) is 1. The molecule has 2 nitrogen and oxygen atoms in total. The largest absolute Gasteiger partial charge is 0.399 e. The van der Waals surface area contributed by atoms with E-state index in [1.165, 1.54) is 31.5 Å². The fraction of sp³-hybridized carbons (Fsp3) is 0.625. The highest BCUT2D eigenvalue weighted by Gasteiger charge is 2.24. The second-order valence-corrected chi connectivity index (χ2v) is 5.96. The quantitative estimate of drug-likeness (QED) is 0.824. The van der Waals surface area contributed by atoms with Crippen LogP contribution >= 0.6 is 0 Å². The summed E-state index contributed by atoms with van der Waals surface area (Å²) in [7, 11) is 0. The summed E-state index contributed by atoms with van der Waals surface area (Å²) in [6, 6.07) is 8.85. The number of piperidine rings is 1. The molecule has 1 aliphatic rings. The van der Waals surface area contributed by atoms with Crippen molar-refractivity contribution >= 4 is 5.69 Å². The molecule has 1 aromatic carbocycles. The second kappa shape index (κ2) is 5.75. The Balaban J connectivity index is 1.95. The van der Waals surface area contributed by atoms with Crippen LogP contribution in [0.4, 0.5) is 5.69 Å². The molecule has 1 aromatic rings. The maximum atomic E-state index is 5.74. The van der Waals surface area contributed by atoms with Crippen molar-refractivity contribution in [2.45, 2.75) is 39.7 Å². The van der Waals surface area contributed by atoms with Crippen molar-refractivity contribution in [1.82, 2.24) is 4.90 Å². The van der Waals surface area contributed by atoms with Gasteiger partial charge in [-0.3, -0.25) is 4.90 Å². The van der Waals surface area contributed by atoms with Crippen molar-refractivity contribution < 1.29 is 0 Å². The molecule has 2 rings (SSSR count). The van der Waals surface area contributed by atoms with Crippen LogP contribution in [0.3, 0.4) is 0 Å². The molecule has 100 valence electrons. The number of hydrogen-bond donors (Lipinski definition) is 1. The van der Waals surface area contributed by atoms with E-state index < -0.39 is 0 Å². The van der Waals surface area contributed by atoms with Crippen LogP contribution in [0.2, 0.25) is 0 Å². The molecule has 0 spiro atoms. The summed E-state index contributed by atoms with van der Waals surface area (Å²) < 4.78 is 0. The van der Waals surface area contributed by atoms with Gasteiger partial charge < -0.3 is 5.73 Å². The zero-order valence-corrected chi connectivity index (χ0v) is 11.9. The van der Waals surface area contributed by atoms with Crippen LogP contribution in [0.5, 0.6) is 0 Å². The molecule has 1 atom stereocenters. The predicted molar refractivity (Wildman–Crippen MR) is 78.4 cm³/mol. The molecule has 2 N–H and O–H groups in total. The van der Waals surface area contributed by atoms with E-state index >= 15 is 0 Å². The Morgan fingerprint density at radius 1 is 1.06 bits per heavy atom. The number of hydrogen-bond acceptors (Lipinski definition) is 2. The van der Waals surface area contributed by atoms with E-state index in [0.717, 1.165) is 17.5 Å². The zero-order chi connectivity index (χ0) is 13.1. The van der Waals surface area contributed by atoms with Gasteiger partial charge in [-0.15, -0.1) is 0 Å². The van der Waals surface area contributed by atoms with Crippen molar-refractivity contribution in [2.75, 3.05) is 18.8 Å². The molecule has 0 saturated carbocycles. The molecule has 1 saturated heterocycles. The van der Waals surface area contributed by atoms with Gasteiger partial charge in [0.15, 0.2) is 0 Å². The Bertz CT molecular complexity index is 361. The van der Waals surface area contributed by atoms with Crippen molar-refractivity contribution in [2.24, 2.45) is 11.8 Å². The van der Waals surface area contributed by atoms with Gasteiger partial charge in [-0.05, 0) is 62.4 Å². The third kappa shape index (κ3) is 3.05. The molecule has 0 bridgehead atoms. The Labute approximate surface area is 111 Å². The van der Waals surface area contributed by atoms with E-state index in [9.17, 15) is 0 Å². The van der Waals surface area contributed by atoms with E-state index in [1.807, 2.05) is 12.1 Å². The summed E-state index contributed by atoms with van der Waals surface area (Å²) in [6.45, 7) is 9.47. The van der Waals surface area contributed by atoms with Gasteiger partial charge >= 0.3 is 0 Å². The van der Waals surface area contributed by atoms with Crippen molar-refractivity contribution in [3.05, 3.63) is 29.8 Å². The monoisotopic (exact) mass is 246 g/mol. The predicted octanol–water partition coefficient (Wildman–Crippen LogP) is 3.70. The fourth-order valence-corrected chi connectivity index (χ4v) is 2.96. The number of anilines is 1. The summed E-state index contributed by atoms with van der Waals surface area (Å²) in [5.74, 6) is 1.75. The molecular formula is C16H26N2. The Morgan fingerprint density at radius 3 is 2.11 bits per heavy atom. The molecule has 2 heteroatoms. The first kappa shape index (κ1) is 13.4. The Hall–Kier alpha value is -1.02. The average Bonchev–Trinajstić information content (AvgIpc) is 2.39. The summed E-state index contributed by atoms with van der Waals surface area (Å²) in [4.78, 5) is 2.60. The standard InChI is InChI=1S/C16H26N2/c1-12(2)14-8-10-18(11-9-14)13(3)15-4-6-16(17)7-5-15/h4-7,12-14H,8-11,17H2,1-3H3. The number of rotatable bonds is 3. The first-order valence-corrected chi connectivity index (χ1v) is 7.17. The minimum atomic E-state index is 0.513. The van der Waals surface area contributed by atoms with E-state index in [0.29, 0.717) is 6.04 Å². The lowest BCUT2D eigenvalue weighted by Gasteiger charge is -2.37. The van der Waals surface area contributed by atoms with Gasteiger partial charge in [0, 0.05) is 11.7 Å². The van der Waals surface area contributed by atoms with Crippen LogP contribution in [-0.2, 0) is 0 Å². The average molecular weight is 246 g/mol. The van der Waals surface area contributed by atoms with Crippen molar-refractivity contribution in [3.63, 3.8) is 0 Å². The third-order valence-electron chi connectivity index (χ3n) is 4.48. The fourth-order valence-electron chi connectivity index (χ4n) is 2.96. The maximum absolute atomic E-state index is 5.74. The number of nitrogens with zero attached hydrogens (tertiary/aromatic N) is 1. The summed E-state index contributed by atoms with van der Waals surface area (Å²) in [5, 5.41) is 0. The topological polar surface area (TPSA) is 29.3 Å². The molecule has 0 radical (unpaired) electrons. The lowest BCUT2D eigenvalue weighted by Crippen LogP contribution is -2.36. The highest BCUT2D eigenvalue weighted by Crippen LogP contribution is 2.30. The minimum absolute atomic E-state index is 0.513. The molecule has 18 heavy (non-hydrogen) atoms. The second-order valence-electron chi connectivity index (χ2n) is 5.96. The first-order chi connectivity index (χ1) is 8.58. The van der Waals surface area contributed by atoms with Crippen molar-refractivity contribution in [1.29, 1.82) is 0 Å². The summed E-state index contributed by atoms with van der Waals surface area (Å²) >= 11 is 0. The van der Waals surface area contributed by atoms with E-state index in [-0.39, 0.29) is 0 Å². The van der Waals surface area contributed by atoms with Crippen LogP contribution in [0.25, 0.3) is 0 Å². The van der Waals surface area contributed by atoms with Crippen LogP contribution < -0.4 is 5.73 Å². The molecule has 1 unspecified atom stereocenters. The SMILES string of the molecule is CC(C)C1CCN(C(C)c2ccc(N)cc2)CC1. The van der Waals surface area contributed by atoms with Gasteiger partial charge in [0.2, 0.25) is 0 Å². The van der Waals surface area contributed by atoms with Crippen LogP contribution in [0.1, 0.15) is 45.2 Å². The number of benzene rings is 1. The van der Waals surface area contributed by atoms with Gasteiger partial charge in [0.1, 0.15) is 0 Å². The lowest BCUT2D eigenvalue weighted by molar-refractivity contribution is 0.122. The van der Waals surface area contributed by atoms with Gasteiger partial charge in [-0.1, -0.05) is 26.0 Å². The van der Waals surface area contributed by atoms with Crippen LogP contribution in [0, 0.1) is 11.8 Å². The molecule has 1 fully saturated rings. The van der Waals surface area contributed by atoms with E-state index in [1.54, 1.807) is 0 Å². The molecule has 1 heterocycles. The molecule has 0 aromatic heterocycles. The van der Waals surface area contributed by atoms with Gasteiger partial charge in [-0.25, -0.2) is 0 Å². The van der Waals surface area contributed by atoms with Gasteiger partial charge in [0.25, 0.3) is 0 Å². The molecule has 1 aliphatic heterocycles. The molecule has 0 amide bonds. The molecule has 0 aliphatic carbocycles. The van der Waals surface area contributed by atoms with Gasteiger partial charge in [-0.2, -0.15) is 0 Å². The lowest BCUT2D eigenvalue weighted by atomic mass is 9.86. The maximum Gasteiger partial charge on any atom is 0.0319 e. The number of nitrogen functional groups attached to an aromatic ring is 1. The first-order valence-electron chi connectivity index (χ1n) is 7.17. The Kier molecular flexibility index (Phi) is 4.28. The van der Waals surface area contributed by atoms with E-state index in [2.05, 4.69) is 37.8 Å².